The van der Waals surface area contributed by atoms with Gasteiger partial charge in [-0.15, -0.1) is 0 Å². The molecule has 1 aliphatic rings. The fourth-order valence-corrected chi connectivity index (χ4v) is 1.62. The molecule has 0 aromatic rings. The fourth-order valence-electron chi connectivity index (χ4n) is 1.62. The first-order chi connectivity index (χ1) is 8.08. The van der Waals surface area contributed by atoms with Gasteiger partial charge in [0.1, 0.15) is 0 Å². The van der Waals surface area contributed by atoms with Crippen molar-refractivity contribution in [3.63, 3.8) is 0 Å². The number of hydrogen-bond acceptors (Lipinski definition) is 3. The minimum Gasteiger partial charge on any atom is -0.397 e. The number of rotatable bonds is 2. The van der Waals surface area contributed by atoms with Crippen LogP contribution in [0.1, 0.15) is 47.0 Å². The number of nitrogens with zero attached hydrogens (tertiary/aromatic N) is 1. The molecule has 1 aliphatic heterocycles. The van der Waals surface area contributed by atoms with E-state index < -0.39 is 0 Å². The molecular weight excluding hydrogens is 218 g/mol. The van der Waals surface area contributed by atoms with E-state index in [2.05, 4.69) is 13.8 Å². The van der Waals surface area contributed by atoms with Gasteiger partial charge >= 0.3 is 0 Å². The number of aliphatic hydroxyl groups excluding tert-OH is 1. The largest absolute Gasteiger partial charge is 0.397 e. The van der Waals surface area contributed by atoms with Gasteiger partial charge in [0.25, 0.3) is 0 Å². The molecule has 1 fully saturated rings. The summed E-state index contributed by atoms with van der Waals surface area (Å²) >= 11 is 0. The Morgan fingerprint density at radius 3 is 2.24 bits per heavy atom. The van der Waals surface area contributed by atoms with Crippen LogP contribution in [0.3, 0.4) is 0 Å². The van der Waals surface area contributed by atoms with E-state index in [9.17, 15) is 4.79 Å². The summed E-state index contributed by atoms with van der Waals surface area (Å²) in [6.07, 6.45) is 3.46. The molecule has 0 spiro atoms. The van der Waals surface area contributed by atoms with E-state index in [-0.39, 0.29) is 12.5 Å². The average molecular weight is 247 g/mol. The van der Waals surface area contributed by atoms with Crippen molar-refractivity contribution in [2.45, 2.75) is 53.0 Å². The van der Waals surface area contributed by atoms with Crippen molar-refractivity contribution in [3.05, 3.63) is 0 Å². The van der Waals surface area contributed by atoms with Crippen LogP contribution >= 0.6 is 0 Å². The lowest BCUT2D eigenvalue weighted by Gasteiger charge is -2.22. The molecule has 0 unspecified atom stereocenters. The molecule has 0 bridgehead atoms. The molecular formula is C13H29NO3. The van der Waals surface area contributed by atoms with Gasteiger partial charge in [0, 0.05) is 27.2 Å². The Balaban J connectivity index is 0. The average Bonchev–Trinajstić information content (AvgIpc) is 2.69. The van der Waals surface area contributed by atoms with Crippen LogP contribution in [0, 0.1) is 0 Å². The fraction of sp³-hybridized carbons (Fsp3) is 0.923. The first kappa shape index (κ1) is 18.7. The van der Waals surface area contributed by atoms with Crippen molar-refractivity contribution in [2.24, 2.45) is 0 Å². The van der Waals surface area contributed by atoms with Crippen LogP contribution in [0.4, 0.5) is 0 Å². The number of likely N-dealkylation sites (tertiary alicyclic amines) is 1. The summed E-state index contributed by atoms with van der Waals surface area (Å²) < 4.78 is 5.01. The molecule has 1 atom stereocenters. The zero-order valence-corrected chi connectivity index (χ0v) is 12.0. The maximum Gasteiger partial charge on any atom is 0.219 e. The van der Waals surface area contributed by atoms with Gasteiger partial charge in [-0.3, -0.25) is 4.79 Å². The summed E-state index contributed by atoms with van der Waals surface area (Å²) in [6.45, 7) is 9.39. The number of carbonyl (C=O) groups excluding carboxylic acids is 1. The Bertz CT molecular complexity index is 172. The van der Waals surface area contributed by atoms with Crippen molar-refractivity contribution < 1.29 is 14.6 Å². The molecule has 4 nitrogen and oxygen atoms in total. The quantitative estimate of drug-likeness (QED) is 0.812. The highest BCUT2D eigenvalue weighted by molar-refractivity contribution is 5.73. The van der Waals surface area contributed by atoms with Crippen molar-refractivity contribution in [1.29, 1.82) is 0 Å². The predicted octanol–water partition coefficient (Wildman–Crippen LogP) is 2.06. The Kier molecular flexibility index (Phi) is 14.8. The van der Waals surface area contributed by atoms with Crippen LogP contribution in [0.25, 0.3) is 0 Å². The summed E-state index contributed by atoms with van der Waals surface area (Å²) in [4.78, 5) is 12.9. The number of ether oxygens (including phenoxy) is 1. The van der Waals surface area contributed by atoms with Crippen LogP contribution in [0.2, 0.25) is 0 Å². The Hall–Kier alpha value is -0.610. The number of carbonyl (C=O) groups is 1. The summed E-state index contributed by atoms with van der Waals surface area (Å²) in [5, 5.41) is 7.57. The minimum atomic E-state index is 0.171. The van der Waals surface area contributed by atoms with E-state index in [0.29, 0.717) is 12.6 Å². The molecule has 104 valence electrons. The molecule has 4 heteroatoms. The van der Waals surface area contributed by atoms with Gasteiger partial charge in [0.05, 0.1) is 12.6 Å². The first-order valence-corrected chi connectivity index (χ1v) is 6.45. The highest BCUT2D eigenvalue weighted by Crippen LogP contribution is 2.16. The van der Waals surface area contributed by atoms with E-state index in [1.807, 2.05) is 4.90 Å². The summed E-state index contributed by atoms with van der Waals surface area (Å²) in [5.41, 5.74) is 0. The third kappa shape index (κ3) is 10.3. The zero-order valence-electron chi connectivity index (χ0n) is 12.0. The molecule has 17 heavy (non-hydrogen) atoms. The smallest absolute Gasteiger partial charge is 0.219 e. The lowest BCUT2D eigenvalue weighted by atomic mass is 10.2. The van der Waals surface area contributed by atoms with Crippen molar-refractivity contribution in [2.75, 3.05) is 26.9 Å². The Labute approximate surface area is 106 Å². The molecule has 1 amide bonds. The summed E-state index contributed by atoms with van der Waals surface area (Å²) in [5.74, 6) is 0.171. The first-order valence-electron chi connectivity index (χ1n) is 6.45. The zero-order chi connectivity index (χ0) is 13.7. The van der Waals surface area contributed by atoms with Gasteiger partial charge in [-0.1, -0.05) is 20.3 Å². The van der Waals surface area contributed by atoms with E-state index in [1.54, 1.807) is 21.0 Å². The minimum absolute atomic E-state index is 0.171. The van der Waals surface area contributed by atoms with Gasteiger partial charge in [0.15, 0.2) is 0 Å². The van der Waals surface area contributed by atoms with Crippen LogP contribution < -0.4 is 0 Å². The van der Waals surface area contributed by atoms with E-state index >= 15 is 0 Å². The van der Waals surface area contributed by atoms with Crippen LogP contribution in [-0.2, 0) is 9.53 Å². The summed E-state index contributed by atoms with van der Waals surface area (Å²) in [6, 6.07) is 0.331. The van der Waals surface area contributed by atoms with Gasteiger partial charge in [-0.25, -0.2) is 0 Å². The number of hydrogen-bond donors (Lipinski definition) is 1. The number of aliphatic hydroxyl groups is 1. The number of methoxy groups -OCH3 is 1. The molecule has 0 aliphatic carbocycles. The highest BCUT2D eigenvalue weighted by Gasteiger charge is 2.25. The third-order valence-electron chi connectivity index (χ3n) is 2.14. The number of amides is 1. The third-order valence-corrected chi connectivity index (χ3v) is 2.14. The Morgan fingerprint density at radius 1 is 1.41 bits per heavy atom. The maximum atomic E-state index is 11.0. The lowest BCUT2D eigenvalue weighted by molar-refractivity contribution is -0.130. The highest BCUT2D eigenvalue weighted by atomic mass is 16.5. The molecule has 1 saturated heterocycles. The second-order valence-electron chi connectivity index (χ2n) is 3.99. The monoisotopic (exact) mass is 247 g/mol. The van der Waals surface area contributed by atoms with Gasteiger partial charge in [-0.05, 0) is 19.8 Å². The van der Waals surface area contributed by atoms with E-state index in [1.165, 1.54) is 6.42 Å². The lowest BCUT2D eigenvalue weighted by Crippen LogP contribution is -2.36. The second kappa shape index (κ2) is 13.5. The molecule has 1 N–H and O–H groups in total. The van der Waals surface area contributed by atoms with Crippen LogP contribution in [0.5, 0.6) is 0 Å². The maximum absolute atomic E-state index is 11.0. The van der Waals surface area contributed by atoms with Gasteiger partial charge < -0.3 is 14.7 Å². The SMILES string of the molecule is CCC.CCO.COC[C@@H]1CCCN1C(C)=O. The normalized spacial score (nSPS) is 17.8. The standard InChI is InChI=1S/C8H15NO2.C3H8.C2H6O/c1-7(10)9-5-3-4-8(9)6-11-2;1-3-2;1-2-3/h8H,3-6H2,1-2H3;3H2,1-2H3;3H,2H2,1H3/t8-;;/m0../s1. The molecule has 0 aromatic carbocycles. The van der Waals surface area contributed by atoms with Crippen molar-refractivity contribution in [3.8, 4) is 0 Å². The molecule has 1 heterocycles. The van der Waals surface area contributed by atoms with Crippen LogP contribution in [0.15, 0.2) is 0 Å². The van der Waals surface area contributed by atoms with Gasteiger partial charge in [0.2, 0.25) is 5.91 Å². The second-order valence-corrected chi connectivity index (χ2v) is 3.99. The molecule has 1 rings (SSSR count). The van der Waals surface area contributed by atoms with Crippen molar-refractivity contribution >= 4 is 5.91 Å². The predicted molar refractivity (Wildman–Crippen MR) is 71.0 cm³/mol. The molecule has 0 aromatic heterocycles. The van der Waals surface area contributed by atoms with Crippen molar-refractivity contribution in [1.82, 2.24) is 4.90 Å². The Morgan fingerprint density at radius 2 is 1.88 bits per heavy atom. The topological polar surface area (TPSA) is 49.8 Å². The van der Waals surface area contributed by atoms with E-state index in [4.69, 9.17) is 9.84 Å². The molecule has 0 radical (unpaired) electrons. The van der Waals surface area contributed by atoms with Gasteiger partial charge in [-0.2, -0.15) is 0 Å². The summed E-state index contributed by atoms with van der Waals surface area (Å²) in [7, 11) is 1.68. The van der Waals surface area contributed by atoms with Crippen LogP contribution in [-0.4, -0.2) is 48.8 Å². The molecule has 0 saturated carbocycles. The van der Waals surface area contributed by atoms with E-state index in [0.717, 1.165) is 19.4 Å².